The smallest absolute Gasteiger partial charge is 0.210 e. The van der Waals surface area contributed by atoms with E-state index < -0.39 is 9.84 Å². The number of nitrogens with zero attached hydrogens (tertiary/aromatic N) is 1. The first kappa shape index (κ1) is 11.0. The molecule has 3 nitrogen and oxygen atoms in total. The number of thiazole rings is 1. The van der Waals surface area contributed by atoms with Crippen molar-refractivity contribution in [3.8, 4) is 0 Å². The van der Waals surface area contributed by atoms with Gasteiger partial charge in [-0.05, 0) is 0 Å². The highest BCUT2D eigenvalue weighted by molar-refractivity contribution is 7.93. The lowest BCUT2D eigenvalue weighted by atomic mass is 10.7. The van der Waals surface area contributed by atoms with Gasteiger partial charge in [-0.15, -0.1) is 11.3 Å². The molecule has 1 rings (SSSR count). The van der Waals surface area contributed by atoms with Gasteiger partial charge in [0, 0.05) is 22.1 Å². The van der Waals surface area contributed by atoms with Gasteiger partial charge in [0.2, 0.25) is 14.2 Å². The molecule has 0 aliphatic heterocycles. The van der Waals surface area contributed by atoms with Crippen LogP contribution < -0.4 is 0 Å². The molecule has 0 radical (unpaired) electrons. The van der Waals surface area contributed by atoms with Crippen LogP contribution in [0.3, 0.4) is 0 Å². The third-order valence-corrected chi connectivity index (χ3v) is 4.84. The van der Waals surface area contributed by atoms with E-state index in [-0.39, 0.29) is 15.1 Å². The molecule has 0 aliphatic carbocycles. The van der Waals surface area contributed by atoms with Crippen molar-refractivity contribution in [1.82, 2.24) is 4.98 Å². The van der Waals surface area contributed by atoms with Gasteiger partial charge < -0.3 is 0 Å². The Balaban J connectivity index is 2.92. The van der Waals surface area contributed by atoms with E-state index in [2.05, 4.69) is 4.98 Å². The monoisotopic (exact) mass is 257 g/mol. The summed E-state index contributed by atoms with van der Waals surface area (Å²) in [5, 5.41) is 1.67. The van der Waals surface area contributed by atoms with Crippen LogP contribution in [0.1, 0.15) is 0 Å². The lowest BCUT2D eigenvalue weighted by molar-refractivity contribution is 0.598. The van der Waals surface area contributed by atoms with Gasteiger partial charge in [0.1, 0.15) is 0 Å². The molecule has 0 aromatic carbocycles. The van der Waals surface area contributed by atoms with E-state index in [0.29, 0.717) is 0 Å². The Hall–Kier alpha value is -0.100. The summed E-state index contributed by atoms with van der Waals surface area (Å²) >= 11 is 11.8. The minimum absolute atomic E-state index is 0.0594. The largest absolute Gasteiger partial charge is 0.234 e. The molecule has 0 N–H and O–H groups in total. The van der Waals surface area contributed by atoms with Crippen molar-refractivity contribution >= 4 is 44.4 Å². The fraction of sp³-hybridized carbons (Fsp3) is 0.167. The molecule has 0 spiro atoms. The zero-order valence-corrected chi connectivity index (χ0v) is 9.42. The van der Waals surface area contributed by atoms with Crippen LogP contribution in [0.5, 0.6) is 0 Å². The van der Waals surface area contributed by atoms with Crippen molar-refractivity contribution in [3.63, 3.8) is 0 Å². The molecule has 13 heavy (non-hydrogen) atoms. The van der Waals surface area contributed by atoms with Gasteiger partial charge in [0.25, 0.3) is 0 Å². The fourth-order valence-electron chi connectivity index (χ4n) is 0.639. The second kappa shape index (κ2) is 4.41. The Morgan fingerprint density at radius 1 is 1.69 bits per heavy atom. The predicted octanol–water partition coefficient (Wildman–Crippen LogP) is 2.24. The van der Waals surface area contributed by atoms with Crippen LogP contribution in [0.25, 0.3) is 0 Å². The molecule has 0 fully saturated rings. The van der Waals surface area contributed by atoms with Crippen molar-refractivity contribution in [2.75, 3.05) is 5.75 Å². The molecule has 0 amide bonds. The lowest BCUT2D eigenvalue weighted by Crippen LogP contribution is -2.06. The molecule has 7 heteroatoms. The summed E-state index contributed by atoms with van der Waals surface area (Å²) in [5.74, 6) is -0.300. The number of sulfone groups is 1. The standard InChI is InChI=1S/C6H5Cl2NO2S2/c7-3-5(8)4-13(10,11)6-9-1-2-12-6/h1-3H,4H2/b5-3+. The van der Waals surface area contributed by atoms with E-state index in [1.165, 1.54) is 6.20 Å². The summed E-state index contributed by atoms with van der Waals surface area (Å²) in [6.07, 6.45) is 1.43. The van der Waals surface area contributed by atoms with Crippen molar-refractivity contribution in [2.45, 2.75) is 4.34 Å². The average molecular weight is 258 g/mol. The van der Waals surface area contributed by atoms with Crippen LogP contribution in [0.15, 0.2) is 26.5 Å². The summed E-state index contributed by atoms with van der Waals surface area (Å²) in [6, 6.07) is 0. The van der Waals surface area contributed by atoms with E-state index in [1.807, 2.05) is 0 Å². The van der Waals surface area contributed by atoms with Crippen LogP contribution >= 0.6 is 34.5 Å². The van der Waals surface area contributed by atoms with Crippen LogP contribution in [-0.4, -0.2) is 19.2 Å². The molecular weight excluding hydrogens is 253 g/mol. The molecule has 0 unspecified atom stereocenters. The summed E-state index contributed by atoms with van der Waals surface area (Å²) in [5.41, 5.74) is 1.03. The van der Waals surface area contributed by atoms with E-state index in [1.54, 1.807) is 5.38 Å². The van der Waals surface area contributed by atoms with E-state index in [4.69, 9.17) is 23.2 Å². The highest BCUT2D eigenvalue weighted by Gasteiger charge is 2.18. The molecule has 1 heterocycles. The molecule has 1 aromatic rings. The normalized spacial score (nSPS) is 13.2. The van der Waals surface area contributed by atoms with E-state index in [0.717, 1.165) is 16.9 Å². The molecule has 0 atom stereocenters. The Morgan fingerprint density at radius 3 is 2.85 bits per heavy atom. The third kappa shape index (κ3) is 2.95. The summed E-state index contributed by atoms with van der Waals surface area (Å²) in [7, 11) is -3.41. The van der Waals surface area contributed by atoms with Gasteiger partial charge in [0.15, 0.2) is 0 Å². The maximum Gasteiger partial charge on any atom is 0.210 e. The van der Waals surface area contributed by atoms with Gasteiger partial charge in [-0.3, -0.25) is 0 Å². The zero-order chi connectivity index (χ0) is 9.90. The molecule has 0 saturated heterocycles. The van der Waals surface area contributed by atoms with Crippen LogP contribution in [0.4, 0.5) is 0 Å². The van der Waals surface area contributed by atoms with E-state index in [9.17, 15) is 8.42 Å². The summed E-state index contributed by atoms with van der Waals surface area (Å²) in [6.45, 7) is 0. The first-order valence-electron chi connectivity index (χ1n) is 3.13. The van der Waals surface area contributed by atoms with Crippen LogP contribution in [0, 0.1) is 0 Å². The quantitative estimate of drug-likeness (QED) is 0.835. The first-order valence-corrected chi connectivity index (χ1v) is 6.48. The zero-order valence-electron chi connectivity index (χ0n) is 6.28. The summed E-state index contributed by atoms with van der Waals surface area (Å²) < 4.78 is 22.9. The van der Waals surface area contributed by atoms with Gasteiger partial charge in [-0.1, -0.05) is 23.2 Å². The number of hydrogen-bond donors (Lipinski definition) is 0. The summed E-state index contributed by atoms with van der Waals surface area (Å²) in [4.78, 5) is 3.68. The number of rotatable bonds is 3. The molecule has 0 bridgehead atoms. The first-order chi connectivity index (χ1) is 6.06. The van der Waals surface area contributed by atoms with Crippen LogP contribution in [0.2, 0.25) is 0 Å². The predicted molar refractivity (Wildman–Crippen MR) is 54.0 cm³/mol. The topological polar surface area (TPSA) is 47.0 Å². The second-order valence-electron chi connectivity index (χ2n) is 2.11. The minimum Gasteiger partial charge on any atom is -0.234 e. The molecule has 1 aromatic heterocycles. The minimum atomic E-state index is -3.41. The molecular formula is C6H5Cl2NO2S2. The Morgan fingerprint density at radius 2 is 2.38 bits per heavy atom. The van der Waals surface area contributed by atoms with Gasteiger partial charge in [-0.25, -0.2) is 13.4 Å². The maximum atomic E-state index is 11.4. The van der Waals surface area contributed by atoms with Crippen molar-refractivity contribution < 1.29 is 8.42 Å². The average Bonchev–Trinajstić information content (AvgIpc) is 2.55. The van der Waals surface area contributed by atoms with Crippen LogP contribution in [-0.2, 0) is 9.84 Å². The number of hydrogen-bond acceptors (Lipinski definition) is 4. The van der Waals surface area contributed by atoms with Gasteiger partial charge >= 0.3 is 0 Å². The third-order valence-electron chi connectivity index (χ3n) is 1.12. The van der Waals surface area contributed by atoms with Crippen molar-refractivity contribution in [1.29, 1.82) is 0 Å². The van der Waals surface area contributed by atoms with Crippen molar-refractivity contribution in [3.05, 3.63) is 22.1 Å². The van der Waals surface area contributed by atoms with Gasteiger partial charge in [-0.2, -0.15) is 0 Å². The fourth-order valence-corrected chi connectivity index (χ4v) is 3.32. The molecule has 0 saturated carbocycles. The number of halogens is 2. The van der Waals surface area contributed by atoms with Crippen molar-refractivity contribution in [2.24, 2.45) is 0 Å². The number of aromatic nitrogens is 1. The Bertz CT molecular complexity index is 396. The molecule has 0 aliphatic rings. The highest BCUT2D eigenvalue weighted by Crippen LogP contribution is 2.18. The Labute approximate surface area is 89.9 Å². The Kier molecular flexibility index (Phi) is 3.73. The SMILES string of the molecule is O=S(=O)(C/C(Cl)=C\Cl)c1nccs1. The van der Waals surface area contributed by atoms with Gasteiger partial charge in [0.05, 0.1) is 5.75 Å². The maximum absolute atomic E-state index is 11.4. The highest BCUT2D eigenvalue weighted by atomic mass is 35.5. The lowest BCUT2D eigenvalue weighted by Gasteiger charge is -1.97. The molecule has 72 valence electrons. The van der Waals surface area contributed by atoms with E-state index >= 15 is 0 Å². The second-order valence-corrected chi connectivity index (χ2v) is 5.87.